The highest BCUT2D eigenvalue weighted by Crippen LogP contribution is 2.33. The quantitative estimate of drug-likeness (QED) is 0.324. The van der Waals surface area contributed by atoms with Gasteiger partial charge < -0.3 is 9.88 Å². The molecular weight excluding hydrogens is 460 g/mol. The zero-order valence-electron chi connectivity index (χ0n) is 20.5. The van der Waals surface area contributed by atoms with Gasteiger partial charge in [-0.3, -0.25) is 14.6 Å². The van der Waals surface area contributed by atoms with Gasteiger partial charge in [0, 0.05) is 49.2 Å². The van der Waals surface area contributed by atoms with Crippen LogP contribution in [0.15, 0.2) is 95.8 Å². The zero-order valence-corrected chi connectivity index (χ0v) is 21.3. The molecule has 0 radical (unpaired) electrons. The number of ketones is 2. The summed E-state index contributed by atoms with van der Waals surface area (Å²) in [6.07, 6.45) is 16.7. The van der Waals surface area contributed by atoms with E-state index in [0.29, 0.717) is 23.0 Å². The maximum absolute atomic E-state index is 13.0. The molecule has 1 aromatic carbocycles. The number of imidazole rings is 1. The first kappa shape index (κ1) is 27.5. The van der Waals surface area contributed by atoms with Crippen LogP contribution in [0.5, 0.6) is 0 Å². The summed E-state index contributed by atoms with van der Waals surface area (Å²) in [5.74, 6) is 0.285. The van der Waals surface area contributed by atoms with Gasteiger partial charge in [-0.05, 0) is 37.1 Å². The molecule has 0 fully saturated rings. The van der Waals surface area contributed by atoms with E-state index in [4.69, 9.17) is 11.6 Å². The third kappa shape index (κ3) is 8.19. The zero-order chi connectivity index (χ0) is 25.8. The van der Waals surface area contributed by atoms with Gasteiger partial charge in [0.2, 0.25) is 5.78 Å². The molecular formula is C28H31ClN4O2. The van der Waals surface area contributed by atoms with Gasteiger partial charge in [-0.1, -0.05) is 60.2 Å². The number of hydrogen-bond donors (Lipinski definition) is 1. The number of aromatic amines is 1. The fourth-order valence-corrected chi connectivity index (χ4v) is 3.55. The number of fused-ring (bicyclic) bond motifs is 1. The lowest BCUT2D eigenvalue weighted by Crippen LogP contribution is -2.25. The standard InChI is InChI=1S/C21H18ClN3O.C4H7NO.C3H6/c1-14-11-23-21(24-14)20(26)18-13-25(12-15-7-9-16(22)10-8-15)19-6-4-2-3-5-17(18)19;1-4(6)3-5-2;1-3-2/h2-11,13,19H,12H2,1H3,(H,23,24);3H,1-2H3;3H,1H2,2H3. The van der Waals surface area contributed by atoms with Crippen molar-refractivity contribution in [2.24, 2.45) is 4.99 Å². The van der Waals surface area contributed by atoms with E-state index in [0.717, 1.165) is 16.8 Å². The van der Waals surface area contributed by atoms with Crippen LogP contribution in [0.2, 0.25) is 5.02 Å². The number of nitrogens with zero attached hydrogens (tertiary/aromatic N) is 3. The molecule has 0 saturated heterocycles. The minimum atomic E-state index is -0.0864. The highest BCUT2D eigenvalue weighted by Gasteiger charge is 2.33. The summed E-state index contributed by atoms with van der Waals surface area (Å²) < 4.78 is 0. The van der Waals surface area contributed by atoms with E-state index >= 15 is 0 Å². The predicted molar refractivity (Wildman–Crippen MR) is 144 cm³/mol. The molecule has 1 atom stereocenters. The minimum absolute atomic E-state index is 0.00231. The van der Waals surface area contributed by atoms with Crippen LogP contribution < -0.4 is 0 Å². The highest BCUT2D eigenvalue weighted by molar-refractivity contribution is 6.30. The second-order valence-corrected chi connectivity index (χ2v) is 8.26. The lowest BCUT2D eigenvalue weighted by atomic mass is 9.98. The molecule has 1 unspecified atom stereocenters. The first-order valence-corrected chi connectivity index (χ1v) is 11.5. The molecule has 35 heavy (non-hydrogen) atoms. The van der Waals surface area contributed by atoms with E-state index in [1.807, 2.05) is 68.6 Å². The molecule has 0 spiro atoms. The second-order valence-electron chi connectivity index (χ2n) is 7.83. The molecule has 0 amide bonds. The van der Waals surface area contributed by atoms with Crippen molar-refractivity contribution >= 4 is 29.4 Å². The van der Waals surface area contributed by atoms with E-state index in [-0.39, 0.29) is 17.6 Å². The minimum Gasteiger partial charge on any atom is -0.362 e. The van der Waals surface area contributed by atoms with E-state index in [2.05, 4.69) is 32.5 Å². The third-order valence-corrected chi connectivity index (χ3v) is 5.08. The first-order chi connectivity index (χ1) is 16.8. The number of benzene rings is 1. The lowest BCUT2D eigenvalue weighted by molar-refractivity contribution is -0.110. The molecule has 0 bridgehead atoms. The summed E-state index contributed by atoms with van der Waals surface area (Å²) in [5.41, 5.74) is 3.67. The van der Waals surface area contributed by atoms with Crippen LogP contribution >= 0.6 is 11.6 Å². The van der Waals surface area contributed by atoms with Crippen molar-refractivity contribution in [3.63, 3.8) is 0 Å². The normalized spacial score (nSPS) is 15.7. The van der Waals surface area contributed by atoms with Gasteiger partial charge in [-0.15, -0.1) is 6.58 Å². The molecule has 182 valence electrons. The molecule has 1 aliphatic heterocycles. The molecule has 2 aliphatic rings. The largest absolute Gasteiger partial charge is 0.362 e. The van der Waals surface area contributed by atoms with Crippen LogP contribution in [0, 0.1) is 6.92 Å². The number of nitrogens with one attached hydrogen (secondary N) is 1. The summed E-state index contributed by atoms with van der Waals surface area (Å²) in [5, 5.41) is 0.717. The Hall–Kier alpha value is -3.77. The number of rotatable bonds is 5. The third-order valence-electron chi connectivity index (χ3n) is 4.83. The van der Waals surface area contributed by atoms with Crippen molar-refractivity contribution in [2.75, 3.05) is 7.05 Å². The maximum atomic E-state index is 13.0. The summed E-state index contributed by atoms with van der Waals surface area (Å²) in [6.45, 7) is 9.29. The fourth-order valence-electron chi connectivity index (χ4n) is 3.43. The summed E-state index contributed by atoms with van der Waals surface area (Å²) >= 11 is 5.99. The predicted octanol–water partition coefficient (Wildman–Crippen LogP) is 5.84. The van der Waals surface area contributed by atoms with Crippen LogP contribution in [0.1, 0.15) is 35.7 Å². The van der Waals surface area contributed by atoms with Gasteiger partial charge in [-0.25, -0.2) is 4.98 Å². The van der Waals surface area contributed by atoms with E-state index in [9.17, 15) is 9.59 Å². The van der Waals surface area contributed by atoms with Crippen LogP contribution in [0.4, 0.5) is 0 Å². The van der Waals surface area contributed by atoms with Crippen molar-refractivity contribution in [3.05, 3.63) is 113 Å². The van der Waals surface area contributed by atoms with Crippen molar-refractivity contribution in [1.29, 1.82) is 0 Å². The number of halogens is 1. The Morgan fingerprint density at radius 3 is 2.46 bits per heavy atom. The summed E-state index contributed by atoms with van der Waals surface area (Å²) in [6, 6.07) is 7.81. The van der Waals surface area contributed by atoms with Gasteiger partial charge in [0.15, 0.2) is 11.6 Å². The number of H-pyrrole nitrogens is 1. The summed E-state index contributed by atoms with van der Waals surface area (Å²) in [7, 11) is 1.57. The topological polar surface area (TPSA) is 78.4 Å². The average molecular weight is 491 g/mol. The Labute approximate surface area is 212 Å². The monoisotopic (exact) mass is 490 g/mol. The Bertz CT molecular complexity index is 1180. The van der Waals surface area contributed by atoms with Crippen LogP contribution in [0.3, 0.4) is 0 Å². The average Bonchev–Trinajstić information content (AvgIpc) is 3.30. The van der Waals surface area contributed by atoms with E-state index < -0.39 is 0 Å². The summed E-state index contributed by atoms with van der Waals surface area (Å²) in [4.78, 5) is 35.7. The van der Waals surface area contributed by atoms with Crippen molar-refractivity contribution < 1.29 is 9.59 Å². The number of allylic oxidation sites excluding steroid dienone is 5. The Morgan fingerprint density at radius 2 is 1.91 bits per heavy atom. The number of aliphatic imine (C=N–C) groups is 1. The number of carbonyl (C=O) groups excluding carboxylic acids is 2. The highest BCUT2D eigenvalue weighted by atomic mass is 35.5. The Kier molecular flexibility index (Phi) is 10.8. The molecule has 2 aromatic rings. The van der Waals surface area contributed by atoms with Crippen LogP contribution in [-0.4, -0.2) is 45.7 Å². The Morgan fingerprint density at radius 1 is 1.23 bits per heavy atom. The van der Waals surface area contributed by atoms with Crippen LogP contribution in [-0.2, 0) is 11.3 Å². The molecule has 1 aliphatic carbocycles. The van der Waals surface area contributed by atoms with Gasteiger partial charge >= 0.3 is 0 Å². The molecule has 4 rings (SSSR count). The number of aromatic nitrogens is 2. The SMILES string of the molecule is C=CC.CN=CC(C)=O.Cc1cnc(C(=O)C2=CN(Cc3ccc(Cl)cc3)C3C=CC=CC=C23)[nH]1. The van der Waals surface area contributed by atoms with Crippen molar-refractivity contribution in [3.8, 4) is 0 Å². The van der Waals surface area contributed by atoms with Crippen molar-refractivity contribution in [2.45, 2.75) is 33.4 Å². The second kappa shape index (κ2) is 13.8. The molecule has 0 saturated carbocycles. The molecule has 2 heterocycles. The van der Waals surface area contributed by atoms with Crippen molar-refractivity contribution in [1.82, 2.24) is 14.9 Å². The van der Waals surface area contributed by atoms with Gasteiger partial charge in [0.25, 0.3) is 0 Å². The number of aryl methyl sites for hydroxylation is 1. The van der Waals surface area contributed by atoms with Crippen LogP contribution in [0.25, 0.3) is 0 Å². The maximum Gasteiger partial charge on any atom is 0.230 e. The molecule has 1 aromatic heterocycles. The lowest BCUT2D eigenvalue weighted by Gasteiger charge is -2.23. The molecule has 6 nitrogen and oxygen atoms in total. The number of carbonyl (C=O) groups is 2. The van der Waals surface area contributed by atoms with Gasteiger partial charge in [0.1, 0.15) is 0 Å². The first-order valence-electron chi connectivity index (χ1n) is 11.1. The number of Topliss-reactive ketones (excluding diaryl/α,β-unsaturated/α-hetero) is 2. The van der Waals surface area contributed by atoms with Gasteiger partial charge in [0.05, 0.1) is 12.3 Å². The molecule has 1 N–H and O–H groups in total. The van der Waals surface area contributed by atoms with E-state index in [1.165, 1.54) is 13.1 Å². The Balaban J connectivity index is 0.000000415. The smallest absolute Gasteiger partial charge is 0.230 e. The number of hydrogen-bond acceptors (Lipinski definition) is 5. The molecule has 7 heteroatoms. The fraction of sp³-hybridized carbons (Fsp3) is 0.214. The van der Waals surface area contributed by atoms with Gasteiger partial charge in [-0.2, -0.15) is 0 Å². The van der Waals surface area contributed by atoms with E-state index in [1.54, 1.807) is 19.3 Å².